The van der Waals surface area contributed by atoms with Gasteiger partial charge in [-0.25, -0.2) is 4.90 Å². The van der Waals surface area contributed by atoms with Crippen LogP contribution in [0.3, 0.4) is 0 Å². The van der Waals surface area contributed by atoms with Crippen LogP contribution >= 0.6 is 23.1 Å². The van der Waals surface area contributed by atoms with Crippen molar-refractivity contribution in [3.8, 4) is 0 Å². The van der Waals surface area contributed by atoms with Crippen LogP contribution in [0.25, 0.3) is 0 Å². The van der Waals surface area contributed by atoms with Gasteiger partial charge in [-0.15, -0.1) is 10.2 Å². The monoisotopic (exact) mass is 410 g/mol. The number of anilines is 2. The van der Waals surface area contributed by atoms with E-state index in [-0.39, 0.29) is 17.7 Å². The SMILES string of the molecule is CCSc1nnc(NC(=O)c2ccc(N3C(=O)c4ccccc4C3=O)cc2)s1. The number of hydrogen-bond acceptors (Lipinski definition) is 7. The number of nitrogens with one attached hydrogen (secondary N) is 1. The number of carbonyl (C=O) groups excluding carboxylic acids is 3. The zero-order valence-electron chi connectivity index (χ0n) is 14.7. The fourth-order valence-electron chi connectivity index (χ4n) is 2.80. The Morgan fingerprint density at radius 1 is 1.04 bits per heavy atom. The summed E-state index contributed by atoms with van der Waals surface area (Å²) in [5, 5.41) is 11.1. The summed E-state index contributed by atoms with van der Waals surface area (Å²) < 4.78 is 0.791. The Bertz CT molecular complexity index is 1040. The number of hydrogen-bond donors (Lipinski definition) is 1. The molecule has 0 saturated carbocycles. The molecule has 1 N–H and O–H groups in total. The highest BCUT2D eigenvalue weighted by Gasteiger charge is 2.36. The van der Waals surface area contributed by atoms with Crippen LogP contribution in [0.2, 0.25) is 0 Å². The second-order valence-electron chi connectivity index (χ2n) is 5.80. The maximum atomic E-state index is 12.5. The Morgan fingerprint density at radius 2 is 1.68 bits per heavy atom. The number of fused-ring (bicyclic) bond motifs is 1. The van der Waals surface area contributed by atoms with Crippen LogP contribution in [0.4, 0.5) is 10.8 Å². The van der Waals surface area contributed by atoms with Gasteiger partial charge in [0.05, 0.1) is 16.8 Å². The summed E-state index contributed by atoms with van der Waals surface area (Å²) in [5.74, 6) is -0.194. The average molecular weight is 410 g/mol. The molecule has 0 fully saturated rings. The van der Waals surface area contributed by atoms with Crippen molar-refractivity contribution < 1.29 is 14.4 Å². The van der Waals surface area contributed by atoms with Crippen molar-refractivity contribution >= 4 is 51.6 Å². The summed E-state index contributed by atoms with van der Waals surface area (Å²) in [4.78, 5) is 38.6. The van der Waals surface area contributed by atoms with Crippen molar-refractivity contribution in [3.63, 3.8) is 0 Å². The first-order chi connectivity index (χ1) is 13.6. The predicted molar refractivity (Wildman–Crippen MR) is 108 cm³/mol. The van der Waals surface area contributed by atoms with Gasteiger partial charge in [-0.1, -0.05) is 42.2 Å². The Morgan fingerprint density at radius 3 is 2.29 bits per heavy atom. The molecule has 0 aliphatic carbocycles. The average Bonchev–Trinajstić information content (AvgIpc) is 3.25. The number of thioether (sulfide) groups is 1. The summed E-state index contributed by atoms with van der Waals surface area (Å²) in [6, 6.07) is 13.0. The lowest BCUT2D eigenvalue weighted by Gasteiger charge is -2.14. The molecule has 140 valence electrons. The van der Waals surface area contributed by atoms with Gasteiger partial charge in [0.1, 0.15) is 0 Å². The van der Waals surface area contributed by atoms with Gasteiger partial charge in [-0.2, -0.15) is 0 Å². The summed E-state index contributed by atoms with van der Waals surface area (Å²) in [5.41, 5.74) is 1.57. The molecule has 28 heavy (non-hydrogen) atoms. The molecule has 4 rings (SSSR count). The Kier molecular flexibility index (Phi) is 4.93. The van der Waals surface area contributed by atoms with E-state index < -0.39 is 0 Å². The van der Waals surface area contributed by atoms with Crippen molar-refractivity contribution in [1.29, 1.82) is 0 Å². The van der Waals surface area contributed by atoms with Crippen LogP contribution in [0.5, 0.6) is 0 Å². The molecular weight excluding hydrogens is 396 g/mol. The molecule has 0 bridgehead atoms. The van der Waals surface area contributed by atoms with Gasteiger partial charge in [0.25, 0.3) is 17.7 Å². The number of carbonyl (C=O) groups is 3. The molecule has 2 aromatic carbocycles. The van der Waals surface area contributed by atoms with Crippen LogP contribution in [0.15, 0.2) is 52.9 Å². The Balaban J connectivity index is 1.50. The minimum absolute atomic E-state index is 0.335. The highest BCUT2D eigenvalue weighted by Crippen LogP contribution is 2.29. The van der Waals surface area contributed by atoms with Gasteiger partial charge in [0.2, 0.25) is 5.13 Å². The Labute approximate surface area is 168 Å². The van der Waals surface area contributed by atoms with E-state index >= 15 is 0 Å². The molecule has 2 heterocycles. The number of benzene rings is 2. The molecule has 3 aromatic rings. The molecule has 9 heteroatoms. The smallest absolute Gasteiger partial charge is 0.266 e. The minimum Gasteiger partial charge on any atom is -0.296 e. The molecule has 1 aliphatic heterocycles. The second-order valence-corrected chi connectivity index (χ2v) is 8.29. The van der Waals surface area contributed by atoms with E-state index in [1.54, 1.807) is 60.3 Å². The topological polar surface area (TPSA) is 92.3 Å². The van der Waals surface area contributed by atoms with Crippen LogP contribution < -0.4 is 10.2 Å². The number of imide groups is 1. The maximum absolute atomic E-state index is 12.5. The third kappa shape index (κ3) is 3.30. The van der Waals surface area contributed by atoms with Crippen LogP contribution in [-0.4, -0.2) is 33.7 Å². The van der Waals surface area contributed by atoms with Gasteiger partial charge >= 0.3 is 0 Å². The van der Waals surface area contributed by atoms with Crippen molar-refractivity contribution in [2.24, 2.45) is 0 Å². The first-order valence-electron chi connectivity index (χ1n) is 8.44. The highest BCUT2D eigenvalue weighted by molar-refractivity contribution is 8.01. The second kappa shape index (κ2) is 7.53. The summed E-state index contributed by atoms with van der Waals surface area (Å²) in [7, 11) is 0. The lowest BCUT2D eigenvalue weighted by Crippen LogP contribution is -2.29. The molecule has 0 atom stereocenters. The summed E-state index contributed by atoms with van der Waals surface area (Å²) in [6.45, 7) is 2.01. The Hall–Kier alpha value is -3.04. The third-order valence-corrected chi connectivity index (χ3v) is 5.93. The molecule has 0 unspecified atom stereocenters. The zero-order chi connectivity index (χ0) is 19.7. The van der Waals surface area contributed by atoms with Crippen LogP contribution in [0, 0.1) is 0 Å². The van der Waals surface area contributed by atoms with E-state index in [2.05, 4.69) is 15.5 Å². The van der Waals surface area contributed by atoms with Gasteiger partial charge < -0.3 is 0 Å². The standard InChI is InChI=1S/C19H14N4O3S2/c1-2-27-19-22-21-18(28-19)20-15(24)11-7-9-12(10-8-11)23-16(25)13-5-3-4-6-14(13)17(23)26/h3-10H,2H2,1H3,(H,20,21,24). The lowest BCUT2D eigenvalue weighted by atomic mass is 10.1. The van der Waals surface area contributed by atoms with Gasteiger partial charge in [-0.3, -0.25) is 19.7 Å². The normalized spacial score (nSPS) is 13.0. The first-order valence-corrected chi connectivity index (χ1v) is 10.2. The number of rotatable bonds is 5. The molecule has 0 saturated heterocycles. The maximum Gasteiger partial charge on any atom is 0.266 e. The fourth-order valence-corrected chi connectivity index (χ4v) is 4.44. The fraction of sp³-hybridized carbons (Fsp3) is 0.105. The zero-order valence-corrected chi connectivity index (χ0v) is 16.3. The first kappa shape index (κ1) is 18.3. The minimum atomic E-state index is -0.368. The van der Waals surface area contributed by atoms with Crippen molar-refractivity contribution in [2.45, 2.75) is 11.3 Å². The van der Waals surface area contributed by atoms with Crippen molar-refractivity contribution in [2.75, 3.05) is 16.0 Å². The van der Waals surface area contributed by atoms with Crippen LogP contribution in [-0.2, 0) is 0 Å². The molecule has 1 aliphatic rings. The third-order valence-electron chi connectivity index (χ3n) is 4.08. The molecule has 0 radical (unpaired) electrons. The van der Waals surface area contributed by atoms with Gasteiger partial charge in [0.15, 0.2) is 4.34 Å². The molecule has 3 amide bonds. The van der Waals surface area contributed by atoms with E-state index in [0.717, 1.165) is 15.0 Å². The quantitative estimate of drug-likeness (QED) is 0.392. The molecule has 1 aromatic heterocycles. The van der Waals surface area contributed by atoms with E-state index in [9.17, 15) is 14.4 Å². The predicted octanol–water partition coefficient (Wildman–Crippen LogP) is 3.70. The van der Waals surface area contributed by atoms with Crippen molar-refractivity contribution in [3.05, 3.63) is 65.2 Å². The van der Waals surface area contributed by atoms with Gasteiger partial charge in [0, 0.05) is 5.56 Å². The van der Waals surface area contributed by atoms with E-state index in [4.69, 9.17) is 0 Å². The highest BCUT2D eigenvalue weighted by atomic mass is 32.2. The van der Waals surface area contributed by atoms with E-state index in [0.29, 0.717) is 27.5 Å². The largest absolute Gasteiger partial charge is 0.296 e. The van der Waals surface area contributed by atoms with E-state index in [1.807, 2.05) is 6.92 Å². The van der Waals surface area contributed by atoms with Gasteiger partial charge in [-0.05, 0) is 42.2 Å². The summed E-state index contributed by atoms with van der Waals surface area (Å²) >= 11 is 2.86. The number of amides is 3. The summed E-state index contributed by atoms with van der Waals surface area (Å²) in [6.07, 6.45) is 0. The molecular formula is C19H14N4O3S2. The number of nitrogens with zero attached hydrogens (tertiary/aromatic N) is 3. The lowest BCUT2D eigenvalue weighted by molar-refractivity contribution is 0.0925. The number of aromatic nitrogens is 2. The van der Waals surface area contributed by atoms with E-state index in [1.165, 1.54) is 11.3 Å². The molecule has 0 spiro atoms. The van der Waals surface area contributed by atoms with Crippen molar-refractivity contribution in [1.82, 2.24) is 10.2 Å². The van der Waals surface area contributed by atoms with Crippen LogP contribution in [0.1, 0.15) is 38.0 Å². The molecule has 7 nitrogen and oxygen atoms in total.